The van der Waals surface area contributed by atoms with Gasteiger partial charge in [-0.3, -0.25) is 4.79 Å². The Morgan fingerprint density at radius 1 is 0.958 bits per heavy atom. The highest BCUT2D eigenvalue weighted by atomic mass is 32.4. The highest BCUT2D eigenvalue weighted by Crippen LogP contribution is 2.58. The highest BCUT2D eigenvalue weighted by Gasteiger charge is 2.80. The zero-order valence-electron chi connectivity index (χ0n) is 14.8. The van der Waals surface area contributed by atoms with Gasteiger partial charge in [0, 0.05) is 6.54 Å². The fourth-order valence-electron chi connectivity index (χ4n) is 3.59. The predicted octanol–water partition coefficient (Wildman–Crippen LogP) is 4.05. The monoisotopic (exact) mass is 429 g/mol. The van der Waals surface area contributed by atoms with E-state index < -0.39 is 19.7 Å². The van der Waals surface area contributed by atoms with Crippen LogP contribution in [0.1, 0.15) is 72.1 Å². The minimum absolute atomic E-state index is 0.194. The molecule has 0 spiro atoms. The SMILES string of the molecule is CCCCCCCCN1C(=O)C([PH+]=S)([PH+]=S)C(CC)(CC)S1(=O)=O. The Balaban J connectivity index is 3.05. The molecule has 24 heavy (non-hydrogen) atoms. The van der Waals surface area contributed by atoms with Gasteiger partial charge in [0.05, 0.1) is 0 Å². The molecular formula is C15H29NO3P2S3+2. The molecule has 1 aliphatic heterocycles. The Morgan fingerprint density at radius 3 is 1.88 bits per heavy atom. The smallest absolute Gasteiger partial charge is 0.263 e. The molecule has 0 aromatic carbocycles. The van der Waals surface area contributed by atoms with Gasteiger partial charge in [0.15, 0.2) is 28.4 Å². The first-order valence-electron chi connectivity index (χ1n) is 8.70. The Bertz CT molecular complexity index is 569. The summed E-state index contributed by atoms with van der Waals surface area (Å²) in [5, 5.41) is 0. The fraction of sp³-hybridized carbons (Fsp3) is 0.933. The third-order valence-corrected chi connectivity index (χ3v) is 14.0. The number of amides is 1. The number of unbranched alkanes of at least 4 members (excludes halogenated alkanes) is 5. The summed E-state index contributed by atoms with van der Waals surface area (Å²) in [6.07, 6.45) is 7.06. The van der Waals surface area contributed by atoms with Crippen LogP contribution in [0.5, 0.6) is 0 Å². The zero-order valence-corrected chi connectivity index (χ0v) is 19.2. The van der Waals surface area contributed by atoms with E-state index in [0.717, 1.165) is 30.0 Å². The Morgan fingerprint density at radius 2 is 1.46 bits per heavy atom. The summed E-state index contributed by atoms with van der Waals surface area (Å²) in [6, 6.07) is 0. The Hall–Kier alpha value is 0.460. The van der Waals surface area contributed by atoms with Crippen molar-refractivity contribution in [3.8, 4) is 0 Å². The second kappa shape index (κ2) is 9.41. The molecule has 1 saturated heterocycles. The van der Waals surface area contributed by atoms with Crippen LogP contribution < -0.4 is 0 Å². The van der Waals surface area contributed by atoms with Gasteiger partial charge in [0.1, 0.15) is 0 Å². The van der Waals surface area contributed by atoms with Crippen LogP contribution in [0.4, 0.5) is 0 Å². The number of rotatable bonds is 11. The molecule has 0 aromatic rings. The summed E-state index contributed by atoms with van der Waals surface area (Å²) in [4.78, 5) is 12.0. The third kappa shape index (κ3) is 3.49. The third-order valence-electron chi connectivity index (χ3n) is 5.18. The molecule has 138 valence electrons. The molecule has 0 aromatic heterocycles. The lowest BCUT2D eigenvalue weighted by atomic mass is 9.96. The van der Waals surface area contributed by atoms with Crippen molar-refractivity contribution in [3.05, 3.63) is 0 Å². The van der Waals surface area contributed by atoms with Crippen LogP contribution >= 0.6 is 14.7 Å². The largest absolute Gasteiger partial charge is 0.387 e. The average Bonchev–Trinajstić information content (AvgIpc) is 2.71. The predicted molar refractivity (Wildman–Crippen MR) is 111 cm³/mol. The molecule has 2 atom stereocenters. The summed E-state index contributed by atoms with van der Waals surface area (Å²) >= 11 is 10.6. The molecule has 1 fully saturated rings. The maximum atomic E-state index is 13.2. The van der Waals surface area contributed by atoms with Crippen LogP contribution in [0.2, 0.25) is 0 Å². The highest BCUT2D eigenvalue weighted by molar-refractivity contribution is 8.08. The first kappa shape index (κ1) is 22.5. The Kier molecular flexibility index (Phi) is 8.82. The van der Waals surface area contributed by atoms with E-state index in [9.17, 15) is 13.2 Å². The number of nitrogens with zero attached hydrogens (tertiary/aromatic N) is 1. The van der Waals surface area contributed by atoms with Crippen molar-refractivity contribution in [3.63, 3.8) is 0 Å². The molecule has 4 nitrogen and oxygen atoms in total. The van der Waals surface area contributed by atoms with Crippen LogP contribution in [0.25, 0.3) is 0 Å². The summed E-state index contributed by atoms with van der Waals surface area (Å²) in [7, 11) is -4.09. The van der Waals surface area contributed by atoms with Gasteiger partial charge >= 0.3 is 10.8 Å². The van der Waals surface area contributed by atoms with Crippen LogP contribution in [-0.4, -0.2) is 34.8 Å². The summed E-state index contributed by atoms with van der Waals surface area (Å²) in [5.41, 5.74) is 0. The molecular weight excluding hydrogens is 400 g/mol. The topological polar surface area (TPSA) is 54.5 Å². The van der Waals surface area contributed by atoms with Gasteiger partial charge in [-0.25, -0.2) is 12.7 Å². The molecule has 1 aliphatic rings. The van der Waals surface area contributed by atoms with Crippen molar-refractivity contribution in [1.82, 2.24) is 4.31 Å². The lowest BCUT2D eigenvalue weighted by Crippen LogP contribution is -2.48. The van der Waals surface area contributed by atoms with Crippen molar-refractivity contribution in [2.45, 2.75) is 81.8 Å². The van der Waals surface area contributed by atoms with E-state index in [1.165, 1.54) is 12.8 Å². The summed E-state index contributed by atoms with van der Waals surface area (Å²) in [6.45, 7) is 6.11. The molecule has 0 aliphatic carbocycles. The lowest BCUT2D eigenvalue weighted by molar-refractivity contribution is -0.126. The van der Waals surface area contributed by atoms with E-state index in [2.05, 4.69) is 6.92 Å². The maximum absolute atomic E-state index is 13.2. The standard InChI is InChI=1S/C15H27NO3P2S3/c1-4-7-8-9-10-11-12-16-13(17)15(20-22,21-23)14(5-2,6-3)24(16,18)19/h4-12H2,1-3H3/p+2. The molecule has 1 amide bonds. The number of carbonyl (C=O) groups excluding carboxylic acids is 1. The van der Waals surface area contributed by atoms with Gasteiger partial charge in [0.25, 0.3) is 10.0 Å². The minimum Gasteiger partial charge on any atom is -0.263 e. The second-order valence-corrected chi connectivity index (χ2v) is 12.1. The Labute approximate surface area is 159 Å². The molecule has 1 heterocycles. The van der Waals surface area contributed by atoms with Gasteiger partial charge in [0.2, 0.25) is 14.7 Å². The first-order chi connectivity index (χ1) is 11.3. The van der Waals surface area contributed by atoms with Crippen LogP contribution in [-0.2, 0) is 38.4 Å². The van der Waals surface area contributed by atoms with E-state index in [-0.39, 0.29) is 27.2 Å². The van der Waals surface area contributed by atoms with Gasteiger partial charge in [-0.15, -0.1) is 0 Å². The first-order valence-corrected chi connectivity index (χ1v) is 14.4. The summed E-state index contributed by atoms with van der Waals surface area (Å²) < 4.78 is 26.4. The van der Waals surface area contributed by atoms with Crippen LogP contribution in [0, 0.1) is 0 Å². The summed E-state index contributed by atoms with van der Waals surface area (Å²) in [5.74, 6) is -0.332. The van der Waals surface area contributed by atoms with Gasteiger partial charge in [-0.2, -0.15) is 0 Å². The molecule has 9 heteroatoms. The van der Waals surface area contributed by atoms with E-state index in [1.807, 2.05) is 13.8 Å². The van der Waals surface area contributed by atoms with Gasteiger partial charge in [-0.05, 0) is 19.3 Å². The second-order valence-electron chi connectivity index (χ2n) is 6.31. The molecule has 0 saturated carbocycles. The van der Waals surface area contributed by atoms with E-state index in [0.29, 0.717) is 12.8 Å². The normalized spacial score (nSPS) is 25.6. The quantitative estimate of drug-likeness (QED) is 0.366. The molecule has 0 N–H and O–H groups in total. The number of hydrogen-bond acceptors (Lipinski definition) is 5. The number of sulfonamides is 1. The minimum atomic E-state index is -3.70. The van der Waals surface area contributed by atoms with Crippen LogP contribution in [0.15, 0.2) is 0 Å². The fourth-order valence-corrected chi connectivity index (χ4v) is 12.5. The van der Waals surface area contributed by atoms with Gasteiger partial charge in [-0.1, -0.05) is 52.9 Å². The van der Waals surface area contributed by atoms with Gasteiger partial charge < -0.3 is 0 Å². The average molecular weight is 430 g/mol. The lowest BCUT2D eigenvalue weighted by Gasteiger charge is -2.26. The van der Waals surface area contributed by atoms with E-state index in [4.69, 9.17) is 23.6 Å². The van der Waals surface area contributed by atoms with E-state index >= 15 is 0 Å². The van der Waals surface area contributed by atoms with Crippen molar-refractivity contribution in [1.29, 1.82) is 0 Å². The van der Waals surface area contributed by atoms with Crippen LogP contribution in [0.3, 0.4) is 0 Å². The number of hydrogen-bond donors (Lipinski definition) is 0. The molecule has 0 bridgehead atoms. The molecule has 2 unspecified atom stereocenters. The maximum Gasteiger partial charge on any atom is 0.387 e. The molecule has 0 radical (unpaired) electrons. The zero-order chi connectivity index (χ0) is 18.4. The van der Waals surface area contributed by atoms with Crippen molar-refractivity contribution in [2.75, 3.05) is 6.54 Å². The van der Waals surface area contributed by atoms with Crippen molar-refractivity contribution in [2.24, 2.45) is 0 Å². The van der Waals surface area contributed by atoms with E-state index in [1.54, 1.807) is 0 Å². The number of carbonyl (C=O) groups is 1. The van der Waals surface area contributed by atoms with Crippen molar-refractivity contribution >= 4 is 54.3 Å². The van der Waals surface area contributed by atoms with Crippen molar-refractivity contribution < 1.29 is 13.2 Å². The molecule has 1 rings (SSSR count).